The standard InChI is InChI=1S/C21H27BrN2O3/c1-27-12-19(26)24-17-4-2-16(3-5-17)23-18(25)11-20-7-14-6-15(8-20)10-21(22,9-14)13-20/h2-5,14-15H,6-13H2,1H3,(H,23,25)(H,24,26)/t14-,15-,20?,21?/m1/s1. The predicted octanol–water partition coefficient (Wildman–Crippen LogP) is 4.33. The molecule has 2 atom stereocenters. The number of carbonyl (C=O) groups is 2. The van der Waals surface area contributed by atoms with E-state index in [4.69, 9.17) is 4.74 Å². The third-order valence-electron chi connectivity index (χ3n) is 6.37. The van der Waals surface area contributed by atoms with E-state index >= 15 is 0 Å². The molecule has 4 aliphatic rings. The molecule has 1 aromatic rings. The Morgan fingerprint density at radius 2 is 1.59 bits per heavy atom. The van der Waals surface area contributed by atoms with E-state index in [2.05, 4.69) is 26.6 Å². The lowest BCUT2D eigenvalue weighted by Crippen LogP contribution is -2.53. The molecule has 0 heterocycles. The summed E-state index contributed by atoms with van der Waals surface area (Å²) < 4.78 is 5.08. The van der Waals surface area contributed by atoms with Gasteiger partial charge in [0.25, 0.3) is 0 Å². The minimum Gasteiger partial charge on any atom is -0.375 e. The minimum absolute atomic E-state index is 0.0254. The van der Waals surface area contributed by atoms with Gasteiger partial charge >= 0.3 is 0 Å². The summed E-state index contributed by atoms with van der Waals surface area (Å²) >= 11 is 4.01. The lowest BCUT2D eigenvalue weighted by atomic mass is 9.48. The third-order valence-corrected chi connectivity index (χ3v) is 7.30. The Morgan fingerprint density at radius 1 is 1.04 bits per heavy atom. The van der Waals surface area contributed by atoms with Crippen LogP contribution in [-0.2, 0) is 14.3 Å². The number of rotatable bonds is 6. The molecular weight excluding hydrogens is 408 g/mol. The molecule has 0 aromatic heterocycles. The second-order valence-corrected chi connectivity index (χ2v) is 10.6. The van der Waals surface area contributed by atoms with Crippen LogP contribution in [0.3, 0.4) is 0 Å². The summed E-state index contributed by atoms with van der Waals surface area (Å²) in [5.41, 5.74) is 1.63. The number of alkyl halides is 1. The zero-order valence-electron chi connectivity index (χ0n) is 15.7. The molecule has 146 valence electrons. The molecule has 2 amide bonds. The third kappa shape index (κ3) is 4.21. The summed E-state index contributed by atoms with van der Waals surface area (Å²) in [6.07, 6.45) is 8.06. The van der Waals surface area contributed by atoms with Gasteiger partial charge in [-0.25, -0.2) is 0 Å². The Bertz CT molecular complexity index is 719. The molecule has 5 nitrogen and oxygen atoms in total. The van der Waals surface area contributed by atoms with Gasteiger partial charge in [-0.2, -0.15) is 0 Å². The van der Waals surface area contributed by atoms with Crippen molar-refractivity contribution in [2.45, 2.75) is 49.3 Å². The zero-order valence-corrected chi connectivity index (χ0v) is 17.3. The van der Waals surface area contributed by atoms with Crippen molar-refractivity contribution in [3.8, 4) is 0 Å². The van der Waals surface area contributed by atoms with Gasteiger partial charge in [-0.1, -0.05) is 15.9 Å². The van der Waals surface area contributed by atoms with Gasteiger partial charge in [0.2, 0.25) is 11.8 Å². The number of methoxy groups -OCH3 is 1. The van der Waals surface area contributed by atoms with Crippen molar-refractivity contribution in [2.24, 2.45) is 17.3 Å². The molecule has 4 bridgehead atoms. The van der Waals surface area contributed by atoms with Crippen molar-refractivity contribution < 1.29 is 14.3 Å². The van der Waals surface area contributed by atoms with Crippen molar-refractivity contribution in [1.82, 2.24) is 0 Å². The number of benzene rings is 1. The first-order chi connectivity index (χ1) is 12.9. The van der Waals surface area contributed by atoms with Gasteiger partial charge in [0.15, 0.2) is 0 Å². The fourth-order valence-electron chi connectivity index (χ4n) is 6.05. The van der Waals surface area contributed by atoms with Crippen LogP contribution in [0.25, 0.3) is 0 Å². The van der Waals surface area contributed by atoms with Gasteiger partial charge < -0.3 is 15.4 Å². The molecule has 4 fully saturated rings. The molecule has 4 aliphatic carbocycles. The normalized spacial score (nSPS) is 33.7. The van der Waals surface area contributed by atoms with Gasteiger partial charge in [-0.3, -0.25) is 9.59 Å². The SMILES string of the molecule is COCC(=O)Nc1ccc(NC(=O)CC23C[C@H]4C[C@@H](CC(Br)(C4)C2)C3)cc1. The summed E-state index contributed by atoms with van der Waals surface area (Å²) in [7, 11) is 1.49. The van der Waals surface area contributed by atoms with E-state index in [9.17, 15) is 9.59 Å². The van der Waals surface area contributed by atoms with Crippen LogP contribution in [0.15, 0.2) is 24.3 Å². The van der Waals surface area contributed by atoms with Crippen LogP contribution in [0.1, 0.15) is 44.9 Å². The number of halogens is 1. The van der Waals surface area contributed by atoms with E-state index in [0.29, 0.717) is 12.1 Å². The molecule has 0 spiro atoms. The smallest absolute Gasteiger partial charge is 0.250 e. The van der Waals surface area contributed by atoms with Crippen LogP contribution in [0.2, 0.25) is 0 Å². The summed E-state index contributed by atoms with van der Waals surface area (Å²) in [6, 6.07) is 7.24. The van der Waals surface area contributed by atoms with Crippen molar-refractivity contribution in [2.75, 3.05) is 24.4 Å². The van der Waals surface area contributed by atoms with Crippen LogP contribution in [-0.4, -0.2) is 29.9 Å². The maximum Gasteiger partial charge on any atom is 0.250 e. The Hall–Kier alpha value is -1.40. The first-order valence-corrected chi connectivity index (χ1v) is 10.5. The number of carbonyl (C=O) groups excluding carboxylic acids is 2. The minimum atomic E-state index is -0.195. The summed E-state index contributed by atoms with van der Waals surface area (Å²) in [4.78, 5) is 24.3. The average molecular weight is 435 g/mol. The maximum absolute atomic E-state index is 12.7. The zero-order chi connectivity index (χ0) is 19.1. The van der Waals surface area contributed by atoms with Gasteiger partial charge in [-0.15, -0.1) is 0 Å². The number of hydrogen-bond acceptors (Lipinski definition) is 3. The number of anilines is 2. The topological polar surface area (TPSA) is 67.4 Å². The predicted molar refractivity (Wildman–Crippen MR) is 109 cm³/mol. The van der Waals surface area contributed by atoms with Gasteiger partial charge in [-0.05, 0) is 80.0 Å². The Labute approximate surface area is 168 Å². The first kappa shape index (κ1) is 18.9. The largest absolute Gasteiger partial charge is 0.375 e. The van der Waals surface area contributed by atoms with E-state index in [0.717, 1.165) is 23.9 Å². The van der Waals surface area contributed by atoms with Crippen LogP contribution in [0.4, 0.5) is 11.4 Å². The average Bonchev–Trinajstić information content (AvgIpc) is 2.54. The van der Waals surface area contributed by atoms with Gasteiger partial charge in [0.05, 0.1) is 0 Å². The first-order valence-electron chi connectivity index (χ1n) is 9.75. The fourth-order valence-corrected chi connectivity index (χ4v) is 7.56. The molecule has 0 aliphatic heterocycles. The lowest BCUT2D eigenvalue weighted by molar-refractivity contribution is -0.123. The van der Waals surface area contributed by atoms with Crippen LogP contribution < -0.4 is 10.6 Å². The van der Waals surface area contributed by atoms with Gasteiger partial charge in [0.1, 0.15) is 6.61 Å². The Balaban J connectivity index is 1.35. The highest BCUT2D eigenvalue weighted by Gasteiger charge is 2.57. The number of nitrogens with one attached hydrogen (secondary N) is 2. The molecule has 1 aromatic carbocycles. The summed E-state index contributed by atoms with van der Waals surface area (Å²) in [5, 5.41) is 5.79. The van der Waals surface area contributed by atoms with Crippen LogP contribution >= 0.6 is 15.9 Å². The maximum atomic E-state index is 12.7. The Kier molecular flexibility index (Phi) is 5.06. The molecule has 2 N–H and O–H groups in total. The molecular formula is C21H27BrN2O3. The van der Waals surface area contributed by atoms with Crippen molar-refractivity contribution >= 4 is 39.1 Å². The van der Waals surface area contributed by atoms with Crippen molar-refractivity contribution in [3.05, 3.63) is 24.3 Å². The molecule has 0 unspecified atom stereocenters. The van der Waals surface area contributed by atoms with Crippen molar-refractivity contribution in [3.63, 3.8) is 0 Å². The van der Waals surface area contributed by atoms with Crippen LogP contribution in [0, 0.1) is 17.3 Å². The van der Waals surface area contributed by atoms with Crippen LogP contribution in [0.5, 0.6) is 0 Å². The number of amides is 2. The molecule has 5 rings (SSSR count). The van der Waals surface area contributed by atoms with Gasteiger partial charge in [0, 0.05) is 29.2 Å². The van der Waals surface area contributed by atoms with E-state index in [1.54, 1.807) is 12.1 Å². The Morgan fingerprint density at radius 3 is 2.11 bits per heavy atom. The van der Waals surface area contributed by atoms with Crippen molar-refractivity contribution in [1.29, 1.82) is 0 Å². The van der Waals surface area contributed by atoms with E-state index in [1.165, 1.54) is 39.2 Å². The molecule has 0 radical (unpaired) electrons. The molecule has 4 saturated carbocycles. The highest BCUT2D eigenvalue weighted by Crippen LogP contribution is 2.65. The summed E-state index contributed by atoms with van der Waals surface area (Å²) in [6.45, 7) is 0.0254. The van der Waals surface area contributed by atoms with E-state index in [-0.39, 0.29) is 28.2 Å². The number of hydrogen-bond donors (Lipinski definition) is 2. The fraction of sp³-hybridized carbons (Fsp3) is 0.619. The summed E-state index contributed by atoms with van der Waals surface area (Å²) in [5.74, 6) is 1.48. The monoisotopic (exact) mass is 434 g/mol. The van der Waals surface area contributed by atoms with E-state index in [1.807, 2.05) is 12.1 Å². The highest BCUT2D eigenvalue weighted by molar-refractivity contribution is 9.10. The number of ether oxygens (including phenoxy) is 1. The molecule has 27 heavy (non-hydrogen) atoms. The molecule has 0 saturated heterocycles. The highest BCUT2D eigenvalue weighted by atomic mass is 79.9. The second-order valence-electron chi connectivity index (χ2n) is 8.90. The molecule has 6 heteroatoms. The van der Waals surface area contributed by atoms with E-state index < -0.39 is 0 Å². The quantitative estimate of drug-likeness (QED) is 0.654. The second kappa shape index (κ2) is 7.21. The lowest BCUT2D eigenvalue weighted by Gasteiger charge is -2.60.